The first-order valence-electron chi connectivity index (χ1n) is 7.00. The zero-order valence-electron chi connectivity index (χ0n) is 11.9. The van der Waals surface area contributed by atoms with Crippen LogP contribution in [0.2, 0.25) is 0 Å². The van der Waals surface area contributed by atoms with Gasteiger partial charge in [0.1, 0.15) is 31.7 Å². The van der Waals surface area contributed by atoms with Gasteiger partial charge < -0.3 is 19.3 Å². The normalized spacial score (nSPS) is 14.6. The van der Waals surface area contributed by atoms with Gasteiger partial charge in [0.2, 0.25) is 0 Å². The van der Waals surface area contributed by atoms with E-state index in [0.717, 1.165) is 22.6 Å². The molecule has 0 amide bonds. The van der Waals surface area contributed by atoms with Crippen LogP contribution in [0.1, 0.15) is 17.2 Å². The zero-order valence-corrected chi connectivity index (χ0v) is 11.9. The smallest absolute Gasteiger partial charge is 0.161 e. The summed E-state index contributed by atoms with van der Waals surface area (Å²) in [5, 5.41) is 10.3. The Labute approximate surface area is 123 Å². The number of ether oxygens (including phenoxy) is 3. The van der Waals surface area contributed by atoms with Crippen molar-refractivity contribution >= 4 is 0 Å². The Hall–Kier alpha value is -2.20. The summed E-state index contributed by atoms with van der Waals surface area (Å²) < 4.78 is 16.7. The van der Waals surface area contributed by atoms with Crippen molar-refractivity contribution in [3.8, 4) is 17.2 Å². The van der Waals surface area contributed by atoms with Gasteiger partial charge in [0.05, 0.1) is 0 Å². The van der Waals surface area contributed by atoms with E-state index in [-0.39, 0.29) is 6.61 Å². The van der Waals surface area contributed by atoms with Crippen LogP contribution < -0.4 is 14.2 Å². The molecule has 1 atom stereocenters. The van der Waals surface area contributed by atoms with E-state index >= 15 is 0 Å². The van der Waals surface area contributed by atoms with Crippen molar-refractivity contribution in [3.63, 3.8) is 0 Å². The number of aryl methyl sites for hydroxylation is 1. The Kier molecular flexibility index (Phi) is 3.97. The lowest BCUT2D eigenvalue weighted by molar-refractivity contribution is 0.107. The van der Waals surface area contributed by atoms with Crippen LogP contribution in [-0.2, 0) is 0 Å². The molecule has 21 heavy (non-hydrogen) atoms. The van der Waals surface area contributed by atoms with Gasteiger partial charge in [-0.05, 0) is 36.2 Å². The summed E-state index contributed by atoms with van der Waals surface area (Å²) in [5.41, 5.74) is 1.81. The molecule has 0 spiro atoms. The fraction of sp³-hybridized carbons (Fsp3) is 0.294. The summed E-state index contributed by atoms with van der Waals surface area (Å²) in [6.07, 6.45) is -0.708. The molecule has 110 valence electrons. The van der Waals surface area contributed by atoms with Crippen LogP contribution >= 0.6 is 0 Å². The molecular weight excluding hydrogens is 268 g/mol. The van der Waals surface area contributed by atoms with Gasteiger partial charge in [0.25, 0.3) is 0 Å². The Morgan fingerprint density at radius 2 is 1.86 bits per heavy atom. The van der Waals surface area contributed by atoms with E-state index in [4.69, 9.17) is 14.2 Å². The third-order valence-electron chi connectivity index (χ3n) is 3.44. The van der Waals surface area contributed by atoms with Gasteiger partial charge in [-0.3, -0.25) is 0 Å². The first-order valence-corrected chi connectivity index (χ1v) is 7.00. The molecule has 2 aromatic carbocycles. The minimum Gasteiger partial charge on any atom is -0.490 e. The Bertz CT molecular complexity index is 624. The highest BCUT2D eigenvalue weighted by Gasteiger charge is 2.16. The highest BCUT2D eigenvalue weighted by atomic mass is 16.6. The molecule has 0 fully saturated rings. The molecule has 1 aliphatic rings. The molecule has 0 bridgehead atoms. The predicted molar refractivity (Wildman–Crippen MR) is 79.1 cm³/mol. The Balaban J connectivity index is 1.68. The summed E-state index contributed by atoms with van der Waals surface area (Å²) in [6.45, 7) is 3.27. The average molecular weight is 286 g/mol. The van der Waals surface area contributed by atoms with Crippen molar-refractivity contribution in [2.24, 2.45) is 0 Å². The van der Waals surface area contributed by atoms with Crippen LogP contribution in [0, 0.1) is 6.92 Å². The van der Waals surface area contributed by atoms with E-state index < -0.39 is 6.10 Å². The maximum Gasteiger partial charge on any atom is 0.161 e. The largest absolute Gasteiger partial charge is 0.490 e. The van der Waals surface area contributed by atoms with Crippen LogP contribution in [0.5, 0.6) is 17.2 Å². The maximum absolute atomic E-state index is 10.3. The number of aliphatic hydroxyl groups is 1. The van der Waals surface area contributed by atoms with Crippen LogP contribution in [0.15, 0.2) is 42.5 Å². The Morgan fingerprint density at radius 1 is 1.10 bits per heavy atom. The second-order valence-electron chi connectivity index (χ2n) is 5.00. The molecule has 0 saturated carbocycles. The number of benzene rings is 2. The lowest BCUT2D eigenvalue weighted by atomic mass is 10.1. The standard InChI is InChI=1S/C17H18O4/c1-12-4-2-3-5-15(12)21-11-14(18)13-6-7-16-17(10-13)20-9-8-19-16/h2-7,10,14,18H,8-9,11H2,1H3. The van der Waals surface area contributed by atoms with E-state index in [9.17, 15) is 5.11 Å². The second kappa shape index (κ2) is 6.06. The van der Waals surface area contributed by atoms with Crippen molar-refractivity contribution in [2.45, 2.75) is 13.0 Å². The van der Waals surface area contributed by atoms with Crippen molar-refractivity contribution in [1.82, 2.24) is 0 Å². The van der Waals surface area contributed by atoms with E-state index in [1.807, 2.05) is 43.3 Å². The lowest BCUT2D eigenvalue weighted by Gasteiger charge is -2.20. The monoisotopic (exact) mass is 286 g/mol. The molecule has 0 aromatic heterocycles. The molecule has 1 aliphatic heterocycles. The van der Waals surface area contributed by atoms with Crippen LogP contribution in [0.4, 0.5) is 0 Å². The van der Waals surface area contributed by atoms with Crippen LogP contribution in [-0.4, -0.2) is 24.9 Å². The zero-order chi connectivity index (χ0) is 14.7. The molecule has 4 nitrogen and oxygen atoms in total. The van der Waals surface area contributed by atoms with Gasteiger partial charge in [0, 0.05) is 0 Å². The lowest BCUT2D eigenvalue weighted by Crippen LogP contribution is -2.16. The predicted octanol–water partition coefficient (Wildman–Crippen LogP) is 2.88. The third kappa shape index (κ3) is 3.11. The molecule has 0 radical (unpaired) electrons. The van der Waals surface area contributed by atoms with Gasteiger partial charge in [-0.1, -0.05) is 24.3 Å². The SMILES string of the molecule is Cc1ccccc1OCC(O)c1ccc2c(c1)OCCO2. The highest BCUT2D eigenvalue weighted by molar-refractivity contribution is 5.44. The van der Waals surface area contributed by atoms with Gasteiger partial charge >= 0.3 is 0 Å². The van der Waals surface area contributed by atoms with Gasteiger partial charge in [-0.2, -0.15) is 0 Å². The quantitative estimate of drug-likeness (QED) is 0.939. The molecule has 1 heterocycles. The van der Waals surface area contributed by atoms with Gasteiger partial charge in [0.15, 0.2) is 11.5 Å². The van der Waals surface area contributed by atoms with E-state index in [1.165, 1.54) is 0 Å². The summed E-state index contributed by atoms with van der Waals surface area (Å²) in [5.74, 6) is 2.18. The molecule has 3 rings (SSSR count). The minimum atomic E-state index is -0.708. The first kappa shape index (κ1) is 13.8. The van der Waals surface area contributed by atoms with Crippen molar-refractivity contribution in [2.75, 3.05) is 19.8 Å². The van der Waals surface area contributed by atoms with Gasteiger partial charge in [-0.25, -0.2) is 0 Å². The molecule has 1 unspecified atom stereocenters. The van der Waals surface area contributed by atoms with Crippen LogP contribution in [0.25, 0.3) is 0 Å². The summed E-state index contributed by atoms with van der Waals surface area (Å²) in [6, 6.07) is 13.2. The Morgan fingerprint density at radius 3 is 2.67 bits per heavy atom. The number of hydrogen-bond donors (Lipinski definition) is 1. The van der Waals surface area contributed by atoms with E-state index in [2.05, 4.69) is 0 Å². The number of fused-ring (bicyclic) bond motifs is 1. The number of aliphatic hydroxyl groups excluding tert-OH is 1. The highest BCUT2D eigenvalue weighted by Crippen LogP contribution is 2.32. The molecule has 0 saturated heterocycles. The van der Waals surface area contributed by atoms with Crippen molar-refractivity contribution < 1.29 is 19.3 Å². The van der Waals surface area contributed by atoms with Crippen molar-refractivity contribution in [1.29, 1.82) is 0 Å². The number of rotatable bonds is 4. The third-order valence-corrected chi connectivity index (χ3v) is 3.44. The van der Waals surface area contributed by atoms with Crippen molar-refractivity contribution in [3.05, 3.63) is 53.6 Å². The minimum absolute atomic E-state index is 0.199. The summed E-state index contributed by atoms with van der Waals surface area (Å²) in [7, 11) is 0. The maximum atomic E-state index is 10.3. The molecule has 2 aromatic rings. The first-order chi connectivity index (χ1) is 10.2. The summed E-state index contributed by atoms with van der Waals surface area (Å²) in [4.78, 5) is 0. The number of para-hydroxylation sites is 1. The molecular formula is C17H18O4. The fourth-order valence-electron chi connectivity index (χ4n) is 2.25. The van der Waals surface area contributed by atoms with E-state index in [0.29, 0.717) is 19.0 Å². The van der Waals surface area contributed by atoms with Crippen LogP contribution in [0.3, 0.4) is 0 Å². The average Bonchev–Trinajstić information content (AvgIpc) is 2.53. The second-order valence-corrected chi connectivity index (χ2v) is 5.00. The molecule has 0 aliphatic carbocycles. The summed E-state index contributed by atoms with van der Waals surface area (Å²) >= 11 is 0. The molecule has 4 heteroatoms. The van der Waals surface area contributed by atoms with E-state index in [1.54, 1.807) is 6.07 Å². The molecule has 1 N–H and O–H groups in total. The van der Waals surface area contributed by atoms with Gasteiger partial charge in [-0.15, -0.1) is 0 Å². The topological polar surface area (TPSA) is 47.9 Å². The fourth-order valence-corrected chi connectivity index (χ4v) is 2.25. The number of hydrogen-bond acceptors (Lipinski definition) is 4.